The van der Waals surface area contributed by atoms with Gasteiger partial charge in [-0.2, -0.15) is 0 Å². The van der Waals surface area contributed by atoms with E-state index in [1.165, 1.54) is 11.8 Å². The molecule has 0 radical (unpaired) electrons. The van der Waals surface area contributed by atoms with E-state index in [0.29, 0.717) is 23.0 Å². The molecule has 4 aromatic rings. The number of nitrogens with zero attached hydrogens (tertiary/aromatic N) is 2. The van der Waals surface area contributed by atoms with Gasteiger partial charge in [0.2, 0.25) is 5.91 Å². The highest BCUT2D eigenvalue weighted by Gasteiger charge is 2.12. The number of amides is 2. The van der Waals surface area contributed by atoms with Gasteiger partial charge in [0.15, 0.2) is 5.16 Å². The van der Waals surface area contributed by atoms with Gasteiger partial charge in [-0.3, -0.25) is 14.2 Å². The molecule has 168 valence electrons. The number of para-hydroxylation sites is 1. The maximum Gasteiger partial charge on any atom is 0.251 e. The number of furan rings is 1. The minimum Gasteiger partial charge on any atom is -0.465 e. The Hall–Kier alpha value is -3.78. The van der Waals surface area contributed by atoms with Crippen LogP contribution in [-0.4, -0.2) is 27.1 Å². The van der Waals surface area contributed by atoms with E-state index in [-0.39, 0.29) is 17.6 Å². The molecule has 33 heavy (non-hydrogen) atoms. The Morgan fingerprint density at radius 2 is 1.82 bits per heavy atom. The van der Waals surface area contributed by atoms with Crippen LogP contribution in [-0.2, 0) is 11.3 Å². The predicted molar refractivity (Wildman–Crippen MR) is 129 cm³/mol. The SMILES string of the molecule is Cc1ccc(CNC(=O)c2ccc(-n3ccnc3SCC(=O)Nc3ccccc3C)cc2)o1. The first-order valence-corrected chi connectivity index (χ1v) is 11.4. The molecule has 0 bridgehead atoms. The molecule has 2 aromatic carbocycles. The van der Waals surface area contributed by atoms with Gasteiger partial charge in [0.1, 0.15) is 11.5 Å². The van der Waals surface area contributed by atoms with E-state index in [0.717, 1.165) is 22.7 Å². The van der Waals surface area contributed by atoms with E-state index in [1.807, 2.05) is 73.1 Å². The molecule has 8 heteroatoms. The fourth-order valence-corrected chi connectivity index (χ4v) is 4.02. The molecule has 0 atom stereocenters. The third-order valence-electron chi connectivity index (χ3n) is 4.99. The number of thioether (sulfide) groups is 1. The Bertz CT molecular complexity index is 1260. The number of nitrogens with one attached hydrogen (secondary N) is 2. The maximum absolute atomic E-state index is 12.4. The molecular formula is C25H24N4O3S. The summed E-state index contributed by atoms with van der Waals surface area (Å²) >= 11 is 1.35. The van der Waals surface area contributed by atoms with Gasteiger partial charge in [0.25, 0.3) is 5.91 Å². The number of rotatable bonds is 8. The molecule has 2 amide bonds. The van der Waals surface area contributed by atoms with Gasteiger partial charge in [0.05, 0.1) is 12.3 Å². The molecule has 0 aliphatic rings. The molecule has 0 fully saturated rings. The Kier molecular flexibility index (Phi) is 6.95. The number of benzene rings is 2. The quantitative estimate of drug-likeness (QED) is 0.371. The van der Waals surface area contributed by atoms with E-state index >= 15 is 0 Å². The molecule has 0 saturated carbocycles. The lowest BCUT2D eigenvalue weighted by Gasteiger charge is -2.10. The molecule has 2 heterocycles. The highest BCUT2D eigenvalue weighted by Crippen LogP contribution is 2.22. The largest absolute Gasteiger partial charge is 0.465 e. The van der Waals surface area contributed by atoms with Crippen LogP contribution in [0.25, 0.3) is 5.69 Å². The van der Waals surface area contributed by atoms with Crippen molar-refractivity contribution in [2.75, 3.05) is 11.1 Å². The summed E-state index contributed by atoms with van der Waals surface area (Å²) in [4.78, 5) is 29.2. The zero-order chi connectivity index (χ0) is 23.2. The lowest BCUT2D eigenvalue weighted by molar-refractivity contribution is -0.113. The number of carbonyl (C=O) groups excluding carboxylic acids is 2. The van der Waals surface area contributed by atoms with Gasteiger partial charge in [-0.05, 0) is 61.9 Å². The number of hydrogen-bond acceptors (Lipinski definition) is 5. The second-order valence-corrected chi connectivity index (χ2v) is 8.42. The third kappa shape index (κ3) is 5.72. The number of imidazole rings is 1. The van der Waals surface area contributed by atoms with Crippen LogP contribution in [0.2, 0.25) is 0 Å². The maximum atomic E-state index is 12.4. The Balaban J connectivity index is 1.35. The fourth-order valence-electron chi connectivity index (χ4n) is 3.25. The first-order chi connectivity index (χ1) is 16.0. The van der Waals surface area contributed by atoms with Crippen LogP contribution in [0.15, 0.2) is 82.6 Å². The summed E-state index contributed by atoms with van der Waals surface area (Å²) in [5.41, 5.74) is 3.23. The highest BCUT2D eigenvalue weighted by molar-refractivity contribution is 7.99. The summed E-state index contributed by atoms with van der Waals surface area (Å²) in [5.74, 6) is 1.48. The lowest BCUT2D eigenvalue weighted by atomic mass is 10.2. The minimum absolute atomic E-state index is 0.0948. The van der Waals surface area contributed by atoms with Gasteiger partial charge in [-0.25, -0.2) is 4.98 Å². The van der Waals surface area contributed by atoms with Crippen LogP contribution in [0.3, 0.4) is 0 Å². The van der Waals surface area contributed by atoms with Crippen LogP contribution < -0.4 is 10.6 Å². The summed E-state index contributed by atoms with van der Waals surface area (Å²) < 4.78 is 7.36. The van der Waals surface area contributed by atoms with Crippen LogP contribution in [0.1, 0.15) is 27.4 Å². The van der Waals surface area contributed by atoms with Crippen molar-refractivity contribution in [3.8, 4) is 5.69 Å². The van der Waals surface area contributed by atoms with Gasteiger partial charge in [-0.15, -0.1) is 0 Å². The van der Waals surface area contributed by atoms with E-state index in [4.69, 9.17) is 4.42 Å². The van der Waals surface area contributed by atoms with Crippen LogP contribution in [0.4, 0.5) is 5.69 Å². The van der Waals surface area contributed by atoms with Crippen molar-refractivity contribution in [2.24, 2.45) is 0 Å². The first-order valence-electron chi connectivity index (χ1n) is 10.4. The van der Waals surface area contributed by atoms with Gasteiger partial charge in [0, 0.05) is 29.3 Å². The lowest BCUT2D eigenvalue weighted by Crippen LogP contribution is -2.22. The average molecular weight is 461 g/mol. The van der Waals surface area contributed by atoms with E-state index < -0.39 is 0 Å². The van der Waals surface area contributed by atoms with Crippen LogP contribution in [0.5, 0.6) is 0 Å². The molecule has 0 aliphatic carbocycles. The molecular weight excluding hydrogens is 436 g/mol. The molecule has 4 rings (SSSR count). The van der Waals surface area contributed by atoms with Crippen LogP contribution >= 0.6 is 11.8 Å². The van der Waals surface area contributed by atoms with Crippen molar-refractivity contribution in [3.05, 3.63) is 95.7 Å². The second kappa shape index (κ2) is 10.2. The minimum atomic E-state index is -0.177. The van der Waals surface area contributed by atoms with E-state index in [2.05, 4.69) is 15.6 Å². The summed E-state index contributed by atoms with van der Waals surface area (Å²) in [7, 11) is 0. The summed E-state index contributed by atoms with van der Waals surface area (Å²) in [6, 6.07) is 18.6. The molecule has 7 nitrogen and oxygen atoms in total. The van der Waals surface area contributed by atoms with Crippen molar-refractivity contribution in [1.82, 2.24) is 14.9 Å². The molecule has 0 unspecified atom stereocenters. The van der Waals surface area contributed by atoms with Crippen molar-refractivity contribution >= 4 is 29.3 Å². The number of aryl methyl sites for hydroxylation is 2. The Labute approximate surface area is 196 Å². The molecule has 2 aromatic heterocycles. The highest BCUT2D eigenvalue weighted by atomic mass is 32.2. The van der Waals surface area contributed by atoms with Crippen LogP contribution in [0, 0.1) is 13.8 Å². The molecule has 0 saturated heterocycles. The first kappa shape index (κ1) is 22.4. The summed E-state index contributed by atoms with van der Waals surface area (Å²) in [6.07, 6.45) is 3.52. The smallest absolute Gasteiger partial charge is 0.251 e. The van der Waals surface area contributed by atoms with Crippen molar-refractivity contribution < 1.29 is 14.0 Å². The summed E-state index contributed by atoms with van der Waals surface area (Å²) in [6.45, 7) is 4.15. The second-order valence-electron chi connectivity index (χ2n) is 7.47. The number of hydrogen-bond donors (Lipinski definition) is 2. The number of carbonyl (C=O) groups is 2. The van der Waals surface area contributed by atoms with Crippen molar-refractivity contribution in [1.29, 1.82) is 0 Å². The average Bonchev–Trinajstić information content (AvgIpc) is 3.46. The molecule has 0 aliphatic heterocycles. The zero-order valence-corrected chi connectivity index (χ0v) is 19.2. The van der Waals surface area contributed by atoms with E-state index in [1.54, 1.807) is 18.3 Å². The summed E-state index contributed by atoms with van der Waals surface area (Å²) in [5, 5.41) is 6.47. The Morgan fingerprint density at radius 3 is 2.55 bits per heavy atom. The third-order valence-corrected chi connectivity index (χ3v) is 5.95. The molecule has 2 N–H and O–H groups in total. The monoisotopic (exact) mass is 460 g/mol. The number of anilines is 1. The topological polar surface area (TPSA) is 89.2 Å². The van der Waals surface area contributed by atoms with Gasteiger partial charge in [-0.1, -0.05) is 30.0 Å². The predicted octanol–water partition coefficient (Wildman–Crippen LogP) is 4.74. The normalized spacial score (nSPS) is 10.7. The molecule has 0 spiro atoms. The standard InChI is InChI=1S/C25H24N4O3S/c1-17-5-3-4-6-22(17)28-23(30)16-33-25-26-13-14-29(25)20-10-8-19(9-11-20)24(31)27-15-21-12-7-18(2)32-21/h3-14H,15-16H2,1-2H3,(H,27,31)(H,28,30). The number of aromatic nitrogens is 2. The van der Waals surface area contributed by atoms with Crippen molar-refractivity contribution in [3.63, 3.8) is 0 Å². The fraction of sp³-hybridized carbons (Fsp3) is 0.160. The Morgan fingerprint density at radius 1 is 1.03 bits per heavy atom. The van der Waals surface area contributed by atoms with Gasteiger partial charge >= 0.3 is 0 Å². The zero-order valence-electron chi connectivity index (χ0n) is 18.4. The van der Waals surface area contributed by atoms with E-state index in [9.17, 15) is 9.59 Å². The van der Waals surface area contributed by atoms with Gasteiger partial charge < -0.3 is 15.1 Å². The van der Waals surface area contributed by atoms with Crippen molar-refractivity contribution in [2.45, 2.75) is 25.5 Å².